The summed E-state index contributed by atoms with van der Waals surface area (Å²) in [6.45, 7) is 0. The minimum atomic E-state index is 0.914. The van der Waals surface area contributed by atoms with Crippen LogP contribution in [0.15, 0.2) is 174 Å². The lowest BCUT2D eigenvalue weighted by Gasteiger charge is -2.19. The highest BCUT2D eigenvalue weighted by atomic mass is 16.3. The molecule has 10 aromatic rings. The molecule has 0 amide bonds. The van der Waals surface area contributed by atoms with Crippen LogP contribution in [0.3, 0.4) is 0 Å². The molecule has 0 aliphatic rings. The molecule has 0 fully saturated rings. The van der Waals surface area contributed by atoms with Gasteiger partial charge in [-0.1, -0.05) is 140 Å². The Morgan fingerprint density at radius 2 is 0.809 bits per heavy atom. The summed E-state index contributed by atoms with van der Waals surface area (Å²) >= 11 is 0. The Balaban J connectivity index is 1.20. The third-order valence-corrected chi connectivity index (χ3v) is 9.83. The number of fused-ring (bicyclic) bond motifs is 7. The Bertz CT molecular complexity index is 2800. The quantitative estimate of drug-likeness (QED) is 0.185. The number of rotatable bonds is 3. The molecular formula is C46H28O. The molecule has 9 aromatic carbocycles. The van der Waals surface area contributed by atoms with E-state index >= 15 is 0 Å². The minimum Gasteiger partial charge on any atom is -0.456 e. The van der Waals surface area contributed by atoms with Crippen LogP contribution in [0.1, 0.15) is 0 Å². The number of hydrogen-bond donors (Lipinski definition) is 0. The molecule has 0 radical (unpaired) electrons. The third kappa shape index (κ3) is 4.03. The fourth-order valence-corrected chi connectivity index (χ4v) is 7.66. The van der Waals surface area contributed by atoms with Crippen molar-refractivity contribution in [1.82, 2.24) is 0 Å². The van der Waals surface area contributed by atoms with Gasteiger partial charge in [0.05, 0.1) is 0 Å². The van der Waals surface area contributed by atoms with Crippen LogP contribution < -0.4 is 0 Å². The lowest BCUT2D eigenvalue weighted by molar-refractivity contribution is 0.669. The van der Waals surface area contributed by atoms with Crippen molar-refractivity contribution in [3.63, 3.8) is 0 Å². The molecule has 0 saturated carbocycles. The van der Waals surface area contributed by atoms with Crippen LogP contribution in [-0.2, 0) is 0 Å². The molecule has 0 spiro atoms. The molecule has 218 valence electrons. The molecular weight excluding hydrogens is 569 g/mol. The highest BCUT2D eigenvalue weighted by Crippen LogP contribution is 2.46. The second-order valence-electron chi connectivity index (χ2n) is 12.5. The smallest absolute Gasteiger partial charge is 0.136 e. The van der Waals surface area contributed by atoms with Gasteiger partial charge in [0.1, 0.15) is 11.2 Å². The second-order valence-corrected chi connectivity index (χ2v) is 12.5. The molecule has 1 heteroatoms. The van der Waals surface area contributed by atoms with Crippen LogP contribution >= 0.6 is 0 Å². The molecule has 1 aromatic heterocycles. The maximum absolute atomic E-state index is 6.34. The van der Waals surface area contributed by atoms with Crippen molar-refractivity contribution >= 4 is 65.0 Å². The van der Waals surface area contributed by atoms with Gasteiger partial charge in [0.15, 0.2) is 0 Å². The van der Waals surface area contributed by atoms with Gasteiger partial charge in [0, 0.05) is 10.8 Å². The number of benzene rings is 9. The summed E-state index contributed by atoms with van der Waals surface area (Å²) in [6, 6.07) is 61.7. The first-order chi connectivity index (χ1) is 23.3. The van der Waals surface area contributed by atoms with Crippen molar-refractivity contribution in [2.24, 2.45) is 0 Å². The van der Waals surface area contributed by atoms with E-state index in [2.05, 4.69) is 158 Å². The predicted molar refractivity (Wildman–Crippen MR) is 200 cm³/mol. The highest BCUT2D eigenvalue weighted by molar-refractivity contribution is 6.24. The van der Waals surface area contributed by atoms with Gasteiger partial charge in [-0.05, 0) is 107 Å². The zero-order valence-electron chi connectivity index (χ0n) is 25.6. The first-order valence-electron chi connectivity index (χ1n) is 16.2. The van der Waals surface area contributed by atoms with Crippen LogP contribution in [0.25, 0.3) is 98.4 Å². The van der Waals surface area contributed by atoms with E-state index in [1.54, 1.807) is 0 Å². The van der Waals surface area contributed by atoms with Gasteiger partial charge in [0.2, 0.25) is 0 Å². The Kier molecular flexibility index (Phi) is 5.64. The van der Waals surface area contributed by atoms with Gasteiger partial charge in [-0.2, -0.15) is 0 Å². The van der Waals surface area contributed by atoms with Crippen molar-refractivity contribution in [1.29, 1.82) is 0 Å². The molecule has 1 nitrogen and oxygen atoms in total. The molecule has 0 aliphatic carbocycles. The van der Waals surface area contributed by atoms with Crippen molar-refractivity contribution in [2.75, 3.05) is 0 Å². The topological polar surface area (TPSA) is 13.1 Å². The van der Waals surface area contributed by atoms with E-state index < -0.39 is 0 Å². The Hall–Kier alpha value is -6.18. The second kappa shape index (κ2) is 10.2. The maximum Gasteiger partial charge on any atom is 0.136 e. The van der Waals surface area contributed by atoms with Crippen molar-refractivity contribution < 1.29 is 4.42 Å². The van der Waals surface area contributed by atoms with Crippen molar-refractivity contribution in [2.45, 2.75) is 0 Å². The molecule has 10 rings (SSSR count). The van der Waals surface area contributed by atoms with Gasteiger partial charge in [-0.3, -0.25) is 0 Å². The first kappa shape index (κ1) is 26.1. The van der Waals surface area contributed by atoms with Gasteiger partial charge in [-0.15, -0.1) is 0 Å². The van der Waals surface area contributed by atoms with Gasteiger partial charge < -0.3 is 4.42 Å². The summed E-state index contributed by atoms with van der Waals surface area (Å²) in [6.07, 6.45) is 0. The lowest BCUT2D eigenvalue weighted by atomic mass is 9.84. The summed E-state index contributed by atoms with van der Waals surface area (Å²) in [5, 5.41) is 12.3. The summed E-state index contributed by atoms with van der Waals surface area (Å²) in [5.74, 6) is 0. The molecule has 0 atom stereocenters. The van der Waals surface area contributed by atoms with E-state index in [1.165, 1.54) is 70.9 Å². The predicted octanol–water partition coefficient (Wildman–Crippen LogP) is 13.2. The fourth-order valence-electron chi connectivity index (χ4n) is 7.66. The van der Waals surface area contributed by atoms with E-state index in [9.17, 15) is 0 Å². The number of para-hydroxylation sites is 1. The van der Waals surface area contributed by atoms with Crippen LogP contribution in [0.2, 0.25) is 0 Å². The van der Waals surface area contributed by atoms with Gasteiger partial charge in [-0.25, -0.2) is 0 Å². The molecule has 1 heterocycles. The normalized spacial score (nSPS) is 11.8. The summed E-state index contributed by atoms with van der Waals surface area (Å²) < 4.78 is 6.34. The molecule has 47 heavy (non-hydrogen) atoms. The van der Waals surface area contributed by atoms with Crippen LogP contribution in [0.5, 0.6) is 0 Å². The summed E-state index contributed by atoms with van der Waals surface area (Å²) in [7, 11) is 0. The standard InChI is InChI=1S/C46H28O/c1-2-11-30-26-31(21-20-29(30)10-1)32-22-24-35-33(27-32)12-9-18-38(35)46-41-16-5-3-14-39(41)45(40-15-4-6-17-42(40)46)34-23-25-37-36-13-7-8-19-43(36)47-44(37)28-34/h1-28H. The Morgan fingerprint density at radius 1 is 0.277 bits per heavy atom. The Morgan fingerprint density at radius 3 is 1.57 bits per heavy atom. The van der Waals surface area contributed by atoms with Gasteiger partial charge >= 0.3 is 0 Å². The molecule has 0 saturated heterocycles. The Labute approximate surface area is 271 Å². The largest absolute Gasteiger partial charge is 0.456 e. The fraction of sp³-hybridized carbons (Fsp3) is 0. The third-order valence-electron chi connectivity index (χ3n) is 9.83. The van der Waals surface area contributed by atoms with E-state index in [0.29, 0.717) is 0 Å². The summed E-state index contributed by atoms with van der Waals surface area (Å²) in [4.78, 5) is 0. The summed E-state index contributed by atoms with van der Waals surface area (Å²) in [5.41, 5.74) is 9.22. The van der Waals surface area contributed by atoms with E-state index in [1.807, 2.05) is 12.1 Å². The van der Waals surface area contributed by atoms with Crippen LogP contribution in [0.4, 0.5) is 0 Å². The molecule has 0 N–H and O–H groups in total. The lowest BCUT2D eigenvalue weighted by Crippen LogP contribution is -1.91. The van der Waals surface area contributed by atoms with Crippen LogP contribution in [0, 0.1) is 0 Å². The van der Waals surface area contributed by atoms with E-state index in [-0.39, 0.29) is 0 Å². The minimum absolute atomic E-state index is 0.914. The number of furan rings is 1. The molecule has 0 aliphatic heterocycles. The average Bonchev–Trinajstić information content (AvgIpc) is 3.51. The van der Waals surface area contributed by atoms with E-state index in [0.717, 1.165) is 27.5 Å². The monoisotopic (exact) mass is 596 g/mol. The van der Waals surface area contributed by atoms with E-state index in [4.69, 9.17) is 4.42 Å². The molecule has 0 bridgehead atoms. The maximum atomic E-state index is 6.34. The van der Waals surface area contributed by atoms with Crippen molar-refractivity contribution in [3.8, 4) is 33.4 Å². The van der Waals surface area contributed by atoms with Crippen molar-refractivity contribution in [3.05, 3.63) is 170 Å². The van der Waals surface area contributed by atoms with Gasteiger partial charge in [0.25, 0.3) is 0 Å². The van der Waals surface area contributed by atoms with Crippen LogP contribution in [-0.4, -0.2) is 0 Å². The zero-order valence-corrected chi connectivity index (χ0v) is 25.6. The number of hydrogen-bond acceptors (Lipinski definition) is 1. The first-order valence-corrected chi connectivity index (χ1v) is 16.2. The SMILES string of the molecule is c1ccc2cc(-c3ccc4c(-c5c6ccccc6c(-c6ccc7c(c6)oc6ccccc67)c6ccccc56)cccc4c3)ccc2c1. The molecule has 0 unspecified atom stereocenters. The zero-order chi connectivity index (χ0) is 30.9. The highest BCUT2D eigenvalue weighted by Gasteiger charge is 2.19. The average molecular weight is 597 g/mol.